The van der Waals surface area contributed by atoms with Crippen molar-refractivity contribution in [2.45, 2.75) is 31.7 Å². The number of carbonyl (C=O) groups is 3. The molecule has 5 rings (SSSR count). The minimum atomic E-state index is -0.846. The van der Waals surface area contributed by atoms with Gasteiger partial charge in [-0.1, -0.05) is 46.3 Å². The third kappa shape index (κ3) is 3.27. The molecule has 2 saturated carbocycles. The average molecular weight is 467 g/mol. The minimum absolute atomic E-state index is 0.149. The quantitative estimate of drug-likeness (QED) is 0.676. The Labute approximate surface area is 184 Å². The molecule has 5 nitrogen and oxygen atoms in total. The highest BCUT2D eigenvalue weighted by Crippen LogP contribution is 2.56. The Morgan fingerprint density at radius 1 is 0.967 bits per heavy atom. The van der Waals surface area contributed by atoms with Crippen LogP contribution in [0.2, 0.25) is 0 Å². The minimum Gasteiger partial charge on any atom is -0.324 e. The summed E-state index contributed by atoms with van der Waals surface area (Å²) in [6, 6.07) is 16.0. The Hall–Kier alpha value is -2.47. The second kappa shape index (κ2) is 7.65. The molecule has 0 radical (unpaired) electrons. The normalized spacial score (nSPS) is 28.0. The molecular formula is C24H23BrN2O3. The van der Waals surface area contributed by atoms with Crippen molar-refractivity contribution < 1.29 is 14.4 Å². The molecule has 3 aliphatic rings. The highest BCUT2D eigenvalue weighted by atomic mass is 79.9. The van der Waals surface area contributed by atoms with Crippen LogP contribution in [0.25, 0.3) is 0 Å². The molecule has 0 aromatic heterocycles. The molecule has 0 unspecified atom stereocenters. The van der Waals surface area contributed by atoms with Gasteiger partial charge < -0.3 is 5.32 Å². The van der Waals surface area contributed by atoms with Gasteiger partial charge in [0.15, 0.2) is 0 Å². The molecule has 2 aromatic carbocycles. The lowest BCUT2D eigenvalue weighted by Gasteiger charge is -2.27. The Kier molecular flexibility index (Phi) is 4.97. The number of imide groups is 1. The Bertz CT molecular complexity index is 963. The number of amides is 3. The van der Waals surface area contributed by atoms with Gasteiger partial charge in [-0.05, 0) is 60.9 Å². The molecule has 2 aliphatic carbocycles. The van der Waals surface area contributed by atoms with Gasteiger partial charge in [0.25, 0.3) is 0 Å². The maximum atomic E-state index is 13.3. The van der Waals surface area contributed by atoms with Crippen molar-refractivity contribution in [2.75, 3.05) is 5.32 Å². The van der Waals surface area contributed by atoms with Gasteiger partial charge in [0.1, 0.15) is 6.04 Å². The largest absolute Gasteiger partial charge is 0.324 e. The van der Waals surface area contributed by atoms with E-state index in [0.717, 1.165) is 29.3 Å². The first kappa shape index (κ1) is 19.5. The molecule has 0 spiro atoms. The predicted molar refractivity (Wildman–Crippen MR) is 116 cm³/mol. The van der Waals surface area contributed by atoms with Gasteiger partial charge in [0, 0.05) is 16.6 Å². The topological polar surface area (TPSA) is 66.5 Å². The van der Waals surface area contributed by atoms with E-state index in [2.05, 4.69) is 21.2 Å². The van der Waals surface area contributed by atoms with E-state index < -0.39 is 6.04 Å². The fourth-order valence-electron chi connectivity index (χ4n) is 5.64. The molecule has 3 amide bonds. The van der Waals surface area contributed by atoms with E-state index in [4.69, 9.17) is 0 Å². The second-order valence-electron chi connectivity index (χ2n) is 8.63. The number of halogens is 1. The molecule has 1 aliphatic heterocycles. The van der Waals surface area contributed by atoms with E-state index in [-0.39, 0.29) is 29.6 Å². The number of nitrogens with one attached hydrogen (secondary N) is 1. The van der Waals surface area contributed by atoms with Gasteiger partial charge in [-0.3, -0.25) is 19.3 Å². The van der Waals surface area contributed by atoms with E-state index >= 15 is 0 Å². The van der Waals surface area contributed by atoms with Gasteiger partial charge in [0.2, 0.25) is 17.7 Å². The first-order valence-corrected chi connectivity index (χ1v) is 11.3. The van der Waals surface area contributed by atoms with Crippen LogP contribution in [0.4, 0.5) is 5.69 Å². The Morgan fingerprint density at radius 2 is 1.57 bits per heavy atom. The third-order valence-electron chi connectivity index (χ3n) is 6.96. The van der Waals surface area contributed by atoms with E-state index in [1.54, 1.807) is 12.1 Å². The zero-order valence-electron chi connectivity index (χ0n) is 16.5. The van der Waals surface area contributed by atoms with Crippen molar-refractivity contribution in [1.82, 2.24) is 4.90 Å². The smallest absolute Gasteiger partial charge is 0.248 e. The van der Waals surface area contributed by atoms with Crippen LogP contribution in [0.5, 0.6) is 0 Å². The molecule has 6 heteroatoms. The Balaban J connectivity index is 1.45. The summed E-state index contributed by atoms with van der Waals surface area (Å²) < 4.78 is 0.912. The molecule has 3 fully saturated rings. The van der Waals surface area contributed by atoms with Crippen molar-refractivity contribution in [1.29, 1.82) is 0 Å². The van der Waals surface area contributed by atoms with Crippen LogP contribution in [0.15, 0.2) is 59.1 Å². The van der Waals surface area contributed by atoms with Gasteiger partial charge >= 0.3 is 0 Å². The summed E-state index contributed by atoms with van der Waals surface area (Å²) in [7, 11) is 0. The molecule has 2 aromatic rings. The predicted octanol–water partition coefficient (Wildman–Crippen LogP) is 4.03. The molecule has 5 atom stereocenters. The molecule has 1 saturated heterocycles. The van der Waals surface area contributed by atoms with Crippen molar-refractivity contribution in [3.8, 4) is 0 Å². The van der Waals surface area contributed by atoms with Crippen molar-refractivity contribution >= 4 is 39.3 Å². The van der Waals surface area contributed by atoms with Crippen LogP contribution in [-0.2, 0) is 20.8 Å². The lowest BCUT2D eigenvalue weighted by atomic mass is 9.81. The zero-order valence-corrected chi connectivity index (χ0v) is 18.0. The summed E-state index contributed by atoms with van der Waals surface area (Å²) in [6.07, 6.45) is 3.34. The SMILES string of the molecule is O=C(Nc1ccc(Br)cc1)[C@H](Cc1ccccc1)N1C(=O)[C@@H]2[C@H]3CC[C@@H](C3)[C@H]2C1=O. The number of likely N-dealkylation sites (tertiary alicyclic amines) is 1. The molecular weight excluding hydrogens is 444 g/mol. The highest BCUT2D eigenvalue weighted by molar-refractivity contribution is 9.10. The molecule has 1 heterocycles. The fourth-order valence-corrected chi connectivity index (χ4v) is 5.90. The first-order chi connectivity index (χ1) is 14.5. The molecule has 2 bridgehead atoms. The maximum Gasteiger partial charge on any atom is 0.248 e. The summed E-state index contributed by atoms with van der Waals surface area (Å²) in [6.45, 7) is 0. The maximum absolute atomic E-state index is 13.3. The van der Waals surface area contributed by atoms with Crippen molar-refractivity contribution in [2.24, 2.45) is 23.7 Å². The second-order valence-corrected chi connectivity index (χ2v) is 9.55. The number of fused-ring (bicyclic) bond motifs is 5. The number of hydrogen-bond donors (Lipinski definition) is 1. The standard InChI is InChI=1S/C24H23BrN2O3/c25-17-8-10-18(11-9-17)26-22(28)19(12-14-4-2-1-3-5-14)27-23(29)20-15-6-7-16(13-15)21(20)24(27)30/h1-5,8-11,15-16,19-21H,6-7,12-13H2,(H,26,28)/t15-,16-,19-,20+,21+/m0/s1. The summed E-state index contributed by atoms with van der Waals surface area (Å²) in [5.74, 6) is -0.477. The summed E-state index contributed by atoms with van der Waals surface area (Å²) in [4.78, 5) is 41.3. The lowest BCUT2D eigenvalue weighted by Crippen LogP contribution is -2.49. The van der Waals surface area contributed by atoms with Crippen LogP contribution < -0.4 is 5.32 Å². The van der Waals surface area contributed by atoms with Crippen LogP contribution in [0, 0.1) is 23.7 Å². The first-order valence-electron chi connectivity index (χ1n) is 10.5. The van der Waals surface area contributed by atoms with Crippen LogP contribution >= 0.6 is 15.9 Å². The van der Waals surface area contributed by atoms with Gasteiger partial charge in [-0.25, -0.2) is 0 Å². The monoisotopic (exact) mass is 466 g/mol. The molecule has 30 heavy (non-hydrogen) atoms. The van der Waals surface area contributed by atoms with E-state index in [0.29, 0.717) is 23.9 Å². The summed E-state index contributed by atoms with van der Waals surface area (Å²) >= 11 is 3.39. The third-order valence-corrected chi connectivity index (χ3v) is 7.49. The molecule has 154 valence electrons. The van der Waals surface area contributed by atoms with E-state index in [1.165, 1.54) is 4.90 Å². The van der Waals surface area contributed by atoms with Crippen LogP contribution in [-0.4, -0.2) is 28.7 Å². The number of nitrogens with zero attached hydrogens (tertiary/aromatic N) is 1. The summed E-state index contributed by atoms with van der Waals surface area (Å²) in [5, 5.41) is 2.91. The van der Waals surface area contributed by atoms with E-state index in [9.17, 15) is 14.4 Å². The lowest BCUT2D eigenvalue weighted by molar-refractivity contribution is -0.147. The van der Waals surface area contributed by atoms with Crippen molar-refractivity contribution in [3.05, 3.63) is 64.6 Å². The van der Waals surface area contributed by atoms with Gasteiger partial charge in [-0.2, -0.15) is 0 Å². The number of rotatable bonds is 5. The molecule has 1 N–H and O–H groups in total. The van der Waals surface area contributed by atoms with Crippen LogP contribution in [0.3, 0.4) is 0 Å². The van der Waals surface area contributed by atoms with E-state index in [1.807, 2.05) is 42.5 Å². The number of benzene rings is 2. The average Bonchev–Trinajstić information content (AvgIpc) is 3.43. The van der Waals surface area contributed by atoms with Crippen molar-refractivity contribution in [3.63, 3.8) is 0 Å². The van der Waals surface area contributed by atoms with Gasteiger partial charge in [-0.15, -0.1) is 0 Å². The van der Waals surface area contributed by atoms with Crippen LogP contribution in [0.1, 0.15) is 24.8 Å². The highest BCUT2D eigenvalue weighted by Gasteiger charge is 2.62. The number of hydrogen-bond acceptors (Lipinski definition) is 3. The zero-order chi connectivity index (χ0) is 20.8. The number of carbonyl (C=O) groups excluding carboxylic acids is 3. The van der Waals surface area contributed by atoms with Gasteiger partial charge in [0.05, 0.1) is 11.8 Å². The fraction of sp³-hybridized carbons (Fsp3) is 0.375. The number of anilines is 1. The summed E-state index contributed by atoms with van der Waals surface area (Å²) in [5.41, 5.74) is 1.56. The Morgan fingerprint density at radius 3 is 2.17 bits per heavy atom.